The van der Waals surface area contributed by atoms with E-state index in [1.165, 1.54) is 4.90 Å². The van der Waals surface area contributed by atoms with Crippen LogP contribution in [0.5, 0.6) is 0 Å². The lowest BCUT2D eigenvalue weighted by molar-refractivity contribution is -0.138. The zero-order valence-corrected chi connectivity index (χ0v) is 12.5. The van der Waals surface area contributed by atoms with Crippen LogP contribution in [0.25, 0.3) is 0 Å². The monoisotopic (exact) mass is 316 g/mol. The minimum Gasteiger partial charge on any atom is -0.481 e. The predicted molar refractivity (Wildman–Crippen MR) is 71.7 cm³/mol. The highest BCUT2D eigenvalue weighted by Crippen LogP contribution is 2.21. The summed E-state index contributed by atoms with van der Waals surface area (Å²) in [4.78, 5) is 24.7. The summed E-state index contributed by atoms with van der Waals surface area (Å²) in [5.41, 5.74) is 0.671. The van der Waals surface area contributed by atoms with E-state index >= 15 is 0 Å². The number of carbonyl (C=O) groups is 2. The molecule has 1 aliphatic rings. The maximum atomic E-state index is 12.5. The molecular formula is C12H16N2O6S. The number of carboxylic acid groups (broad SMARTS) is 1. The van der Waals surface area contributed by atoms with Gasteiger partial charge in [-0.25, -0.2) is 8.42 Å². The Morgan fingerprint density at radius 2 is 2.10 bits per heavy atom. The molecule has 1 fully saturated rings. The van der Waals surface area contributed by atoms with E-state index in [0.29, 0.717) is 11.5 Å². The summed E-state index contributed by atoms with van der Waals surface area (Å²) in [6.07, 6.45) is -0.408. The minimum absolute atomic E-state index is 0.0246. The molecule has 116 valence electrons. The van der Waals surface area contributed by atoms with Crippen LogP contribution in [0.3, 0.4) is 0 Å². The van der Waals surface area contributed by atoms with Gasteiger partial charge in [0.15, 0.2) is 9.84 Å². The maximum Gasteiger partial charge on any atom is 0.305 e. The molecule has 0 aromatic carbocycles. The Labute approximate surface area is 121 Å². The summed E-state index contributed by atoms with van der Waals surface area (Å²) in [5, 5.41) is 12.6. The van der Waals surface area contributed by atoms with Crippen LogP contribution in [0.15, 0.2) is 4.52 Å². The lowest BCUT2D eigenvalue weighted by Gasteiger charge is -2.34. The van der Waals surface area contributed by atoms with Gasteiger partial charge in [-0.15, -0.1) is 0 Å². The van der Waals surface area contributed by atoms with E-state index in [-0.39, 0.29) is 23.6 Å². The molecule has 1 amide bonds. The number of aryl methyl sites for hydroxylation is 2. The molecule has 0 radical (unpaired) electrons. The predicted octanol–water partition coefficient (Wildman–Crippen LogP) is 0.00534. The molecule has 2 rings (SSSR count). The minimum atomic E-state index is -3.33. The highest BCUT2D eigenvalue weighted by atomic mass is 32.2. The summed E-state index contributed by atoms with van der Waals surface area (Å²) in [5.74, 6) is -1.76. The molecule has 0 spiro atoms. The molecule has 8 nitrogen and oxygen atoms in total. The van der Waals surface area contributed by atoms with Crippen molar-refractivity contribution in [1.29, 1.82) is 0 Å². The van der Waals surface area contributed by atoms with Gasteiger partial charge in [-0.1, -0.05) is 5.16 Å². The van der Waals surface area contributed by atoms with Crippen LogP contribution in [0.4, 0.5) is 0 Å². The molecule has 1 aromatic rings. The van der Waals surface area contributed by atoms with E-state index < -0.39 is 34.2 Å². The number of carboxylic acids is 1. The van der Waals surface area contributed by atoms with Crippen molar-refractivity contribution in [2.45, 2.75) is 26.3 Å². The van der Waals surface area contributed by atoms with Crippen molar-refractivity contribution >= 4 is 21.7 Å². The highest BCUT2D eigenvalue weighted by Gasteiger charge is 2.37. The van der Waals surface area contributed by atoms with Gasteiger partial charge in [0.1, 0.15) is 11.3 Å². The number of aliphatic carboxylic acids is 1. The van der Waals surface area contributed by atoms with Crippen LogP contribution in [-0.4, -0.2) is 59.5 Å². The summed E-state index contributed by atoms with van der Waals surface area (Å²) in [6.45, 7) is 3.17. The second-order valence-electron chi connectivity index (χ2n) is 5.06. The number of hydrogen-bond donors (Lipinski definition) is 1. The highest BCUT2D eigenvalue weighted by molar-refractivity contribution is 7.91. The van der Waals surface area contributed by atoms with Gasteiger partial charge in [0.2, 0.25) is 0 Å². The lowest BCUT2D eigenvalue weighted by Crippen LogP contribution is -2.52. The number of nitrogens with zero attached hydrogens (tertiary/aromatic N) is 2. The van der Waals surface area contributed by atoms with Crippen molar-refractivity contribution in [2.24, 2.45) is 0 Å². The Hall–Kier alpha value is -1.90. The third-order valence-corrected chi connectivity index (χ3v) is 5.15. The number of carbonyl (C=O) groups excluding carboxylic acids is 1. The van der Waals surface area contributed by atoms with Gasteiger partial charge in [0, 0.05) is 6.54 Å². The molecule has 1 aliphatic heterocycles. The second kappa shape index (κ2) is 5.47. The average Bonchev–Trinajstić information content (AvgIpc) is 2.66. The molecule has 21 heavy (non-hydrogen) atoms. The first-order chi connectivity index (χ1) is 9.71. The maximum absolute atomic E-state index is 12.5. The van der Waals surface area contributed by atoms with Gasteiger partial charge in [0.25, 0.3) is 5.91 Å². The van der Waals surface area contributed by atoms with E-state index in [0.717, 1.165) is 0 Å². The van der Waals surface area contributed by atoms with Crippen LogP contribution in [0.2, 0.25) is 0 Å². The van der Waals surface area contributed by atoms with Gasteiger partial charge in [-0.2, -0.15) is 0 Å². The second-order valence-corrected chi connectivity index (χ2v) is 7.29. The largest absolute Gasteiger partial charge is 0.481 e. The van der Waals surface area contributed by atoms with Crippen molar-refractivity contribution < 1.29 is 27.6 Å². The third kappa shape index (κ3) is 3.23. The van der Waals surface area contributed by atoms with Crippen LogP contribution in [0, 0.1) is 13.8 Å². The molecule has 0 aliphatic carbocycles. The van der Waals surface area contributed by atoms with Gasteiger partial charge in [-0.05, 0) is 13.8 Å². The number of sulfone groups is 1. The van der Waals surface area contributed by atoms with Gasteiger partial charge in [0.05, 0.1) is 29.7 Å². The first-order valence-corrected chi connectivity index (χ1v) is 8.19. The number of aromatic nitrogens is 1. The topological polar surface area (TPSA) is 118 Å². The van der Waals surface area contributed by atoms with Gasteiger partial charge in [-0.3, -0.25) is 9.59 Å². The van der Waals surface area contributed by atoms with E-state index in [1.54, 1.807) is 13.8 Å². The zero-order chi connectivity index (χ0) is 15.8. The fraction of sp³-hybridized carbons (Fsp3) is 0.583. The average molecular weight is 316 g/mol. The molecule has 9 heteroatoms. The first-order valence-electron chi connectivity index (χ1n) is 6.37. The van der Waals surface area contributed by atoms with Crippen LogP contribution < -0.4 is 0 Å². The molecule has 0 bridgehead atoms. The van der Waals surface area contributed by atoms with E-state index in [9.17, 15) is 18.0 Å². The normalized spacial score (nSPS) is 21.2. The Balaban J connectivity index is 2.32. The van der Waals surface area contributed by atoms with E-state index in [1.807, 2.05) is 0 Å². The lowest BCUT2D eigenvalue weighted by atomic mass is 10.1. The Bertz CT molecular complexity index is 658. The summed E-state index contributed by atoms with van der Waals surface area (Å²) < 4.78 is 28.3. The van der Waals surface area contributed by atoms with Crippen molar-refractivity contribution in [3.8, 4) is 0 Å². The summed E-state index contributed by atoms with van der Waals surface area (Å²) in [7, 11) is -3.33. The Kier molecular flexibility index (Phi) is 4.04. The fourth-order valence-electron chi connectivity index (χ4n) is 2.46. The molecule has 1 unspecified atom stereocenters. The molecule has 1 atom stereocenters. The molecule has 1 saturated heterocycles. The third-order valence-electron chi connectivity index (χ3n) is 3.45. The summed E-state index contributed by atoms with van der Waals surface area (Å²) >= 11 is 0. The smallest absolute Gasteiger partial charge is 0.305 e. The SMILES string of the molecule is Cc1noc(C)c1C(=O)N1CCS(=O)(=O)CC1CC(=O)O. The van der Waals surface area contributed by atoms with Crippen molar-refractivity contribution in [3.05, 3.63) is 17.0 Å². The first kappa shape index (κ1) is 15.5. The van der Waals surface area contributed by atoms with Crippen molar-refractivity contribution in [3.63, 3.8) is 0 Å². The molecule has 1 N–H and O–H groups in total. The molecule has 1 aromatic heterocycles. The van der Waals surface area contributed by atoms with Crippen LogP contribution >= 0.6 is 0 Å². The van der Waals surface area contributed by atoms with Crippen LogP contribution in [-0.2, 0) is 14.6 Å². The van der Waals surface area contributed by atoms with Crippen molar-refractivity contribution in [2.75, 3.05) is 18.1 Å². The summed E-state index contributed by atoms with van der Waals surface area (Å²) in [6, 6.07) is -0.873. The van der Waals surface area contributed by atoms with Gasteiger partial charge >= 0.3 is 5.97 Å². The number of rotatable bonds is 3. The number of amides is 1. The molecular weight excluding hydrogens is 300 g/mol. The van der Waals surface area contributed by atoms with E-state index in [4.69, 9.17) is 9.63 Å². The zero-order valence-electron chi connectivity index (χ0n) is 11.7. The standard InChI is InChI=1S/C12H16N2O6S/c1-7-11(8(2)20-13-7)12(17)14-3-4-21(18,19)6-9(14)5-10(15)16/h9H,3-6H2,1-2H3,(H,15,16). The van der Waals surface area contributed by atoms with E-state index in [2.05, 4.69) is 5.16 Å². The Morgan fingerprint density at radius 3 is 2.62 bits per heavy atom. The van der Waals surface area contributed by atoms with Crippen LogP contribution in [0.1, 0.15) is 28.2 Å². The fourth-order valence-corrected chi connectivity index (χ4v) is 3.98. The van der Waals surface area contributed by atoms with Gasteiger partial charge < -0.3 is 14.5 Å². The Morgan fingerprint density at radius 1 is 1.43 bits per heavy atom. The number of hydrogen-bond acceptors (Lipinski definition) is 6. The molecule has 2 heterocycles. The molecule has 0 saturated carbocycles. The van der Waals surface area contributed by atoms with Crippen molar-refractivity contribution in [1.82, 2.24) is 10.1 Å². The quantitative estimate of drug-likeness (QED) is 0.834.